The van der Waals surface area contributed by atoms with E-state index < -0.39 is 0 Å². The summed E-state index contributed by atoms with van der Waals surface area (Å²) in [6.07, 6.45) is 0.978. The van der Waals surface area contributed by atoms with E-state index in [0.717, 1.165) is 12.2 Å². The lowest BCUT2D eigenvalue weighted by Crippen LogP contribution is -2.36. The van der Waals surface area contributed by atoms with E-state index in [-0.39, 0.29) is 23.9 Å². The summed E-state index contributed by atoms with van der Waals surface area (Å²) in [5, 5.41) is 0. The Morgan fingerprint density at radius 3 is 2.67 bits per heavy atom. The predicted octanol–water partition coefficient (Wildman–Crippen LogP) is 2.28. The molecule has 1 unspecified atom stereocenters. The van der Waals surface area contributed by atoms with Gasteiger partial charge < -0.3 is 10.5 Å². The van der Waals surface area contributed by atoms with Crippen molar-refractivity contribution in [2.24, 2.45) is 5.73 Å². The SMILES string of the molecule is COc1ccc2c(c1)C(C)(C)C(N)C2.Cl. The van der Waals surface area contributed by atoms with E-state index in [4.69, 9.17) is 10.5 Å². The molecule has 1 aliphatic carbocycles. The van der Waals surface area contributed by atoms with Crippen molar-refractivity contribution in [3.63, 3.8) is 0 Å². The van der Waals surface area contributed by atoms with Crippen molar-refractivity contribution in [2.75, 3.05) is 7.11 Å². The summed E-state index contributed by atoms with van der Waals surface area (Å²) in [5.41, 5.74) is 8.89. The van der Waals surface area contributed by atoms with Gasteiger partial charge in [-0.3, -0.25) is 0 Å². The summed E-state index contributed by atoms with van der Waals surface area (Å²) in [4.78, 5) is 0. The van der Waals surface area contributed by atoms with Gasteiger partial charge >= 0.3 is 0 Å². The Bertz CT molecular complexity index is 363. The second kappa shape index (κ2) is 4.03. The summed E-state index contributed by atoms with van der Waals surface area (Å²) in [6.45, 7) is 4.39. The molecule has 3 heteroatoms. The molecule has 0 bridgehead atoms. The summed E-state index contributed by atoms with van der Waals surface area (Å²) in [5.74, 6) is 0.922. The summed E-state index contributed by atoms with van der Waals surface area (Å²) >= 11 is 0. The van der Waals surface area contributed by atoms with Crippen LogP contribution in [0.5, 0.6) is 5.75 Å². The van der Waals surface area contributed by atoms with Crippen molar-refractivity contribution >= 4 is 12.4 Å². The maximum Gasteiger partial charge on any atom is 0.119 e. The van der Waals surface area contributed by atoms with Crippen LogP contribution in [0, 0.1) is 0 Å². The first-order chi connectivity index (χ1) is 6.55. The first-order valence-electron chi connectivity index (χ1n) is 4.98. The van der Waals surface area contributed by atoms with Gasteiger partial charge in [-0.25, -0.2) is 0 Å². The molecule has 0 radical (unpaired) electrons. The van der Waals surface area contributed by atoms with E-state index in [1.54, 1.807) is 7.11 Å². The number of hydrogen-bond acceptors (Lipinski definition) is 2. The highest BCUT2D eigenvalue weighted by atomic mass is 35.5. The van der Waals surface area contributed by atoms with Crippen LogP contribution in [-0.2, 0) is 11.8 Å². The van der Waals surface area contributed by atoms with Crippen LogP contribution < -0.4 is 10.5 Å². The van der Waals surface area contributed by atoms with Crippen molar-refractivity contribution in [3.05, 3.63) is 29.3 Å². The molecule has 1 aromatic carbocycles. The molecule has 84 valence electrons. The molecule has 2 N–H and O–H groups in total. The Morgan fingerprint density at radius 2 is 2.07 bits per heavy atom. The van der Waals surface area contributed by atoms with Gasteiger partial charge in [0, 0.05) is 11.5 Å². The number of nitrogens with two attached hydrogens (primary N) is 1. The summed E-state index contributed by atoms with van der Waals surface area (Å²) in [7, 11) is 1.70. The molecule has 0 heterocycles. The average Bonchev–Trinajstić information content (AvgIpc) is 2.38. The van der Waals surface area contributed by atoms with Gasteiger partial charge in [-0.05, 0) is 29.7 Å². The average molecular weight is 228 g/mol. The van der Waals surface area contributed by atoms with Crippen LogP contribution in [0.1, 0.15) is 25.0 Å². The molecule has 0 saturated heterocycles. The maximum absolute atomic E-state index is 6.11. The monoisotopic (exact) mass is 227 g/mol. The van der Waals surface area contributed by atoms with Crippen LogP contribution >= 0.6 is 12.4 Å². The number of fused-ring (bicyclic) bond motifs is 1. The van der Waals surface area contributed by atoms with Crippen LogP contribution in [0.4, 0.5) is 0 Å². The molecule has 15 heavy (non-hydrogen) atoms. The van der Waals surface area contributed by atoms with Gasteiger partial charge in [0.25, 0.3) is 0 Å². The highest BCUT2D eigenvalue weighted by Crippen LogP contribution is 2.39. The lowest BCUT2D eigenvalue weighted by Gasteiger charge is -2.25. The molecule has 2 nitrogen and oxygen atoms in total. The lowest BCUT2D eigenvalue weighted by atomic mass is 9.83. The largest absolute Gasteiger partial charge is 0.497 e. The summed E-state index contributed by atoms with van der Waals surface area (Å²) < 4.78 is 5.23. The Labute approximate surface area is 97.2 Å². The van der Waals surface area contributed by atoms with E-state index in [2.05, 4.69) is 26.0 Å². The highest BCUT2D eigenvalue weighted by molar-refractivity contribution is 5.85. The fourth-order valence-corrected chi connectivity index (χ4v) is 2.15. The van der Waals surface area contributed by atoms with Crippen LogP contribution in [-0.4, -0.2) is 13.2 Å². The van der Waals surface area contributed by atoms with Gasteiger partial charge in [-0.15, -0.1) is 12.4 Å². The maximum atomic E-state index is 6.11. The molecule has 0 fully saturated rings. The van der Waals surface area contributed by atoms with Crippen molar-refractivity contribution < 1.29 is 4.74 Å². The molecule has 1 atom stereocenters. The topological polar surface area (TPSA) is 35.2 Å². The van der Waals surface area contributed by atoms with Crippen molar-refractivity contribution in [1.82, 2.24) is 0 Å². The van der Waals surface area contributed by atoms with Crippen molar-refractivity contribution in [1.29, 1.82) is 0 Å². The third kappa shape index (κ3) is 1.84. The minimum absolute atomic E-state index is 0. The van der Waals surface area contributed by atoms with Crippen LogP contribution in [0.15, 0.2) is 18.2 Å². The Kier molecular flexibility index (Phi) is 3.31. The zero-order chi connectivity index (χ0) is 10.3. The van der Waals surface area contributed by atoms with E-state index in [9.17, 15) is 0 Å². The molecule has 1 aliphatic rings. The molecule has 0 spiro atoms. The zero-order valence-corrected chi connectivity index (χ0v) is 10.2. The predicted molar refractivity (Wildman–Crippen MR) is 64.9 cm³/mol. The van der Waals surface area contributed by atoms with E-state index in [1.165, 1.54) is 11.1 Å². The Morgan fingerprint density at radius 1 is 1.40 bits per heavy atom. The van der Waals surface area contributed by atoms with Crippen LogP contribution in [0.3, 0.4) is 0 Å². The van der Waals surface area contributed by atoms with Gasteiger partial charge in [-0.2, -0.15) is 0 Å². The van der Waals surface area contributed by atoms with Gasteiger partial charge in [0.15, 0.2) is 0 Å². The van der Waals surface area contributed by atoms with Gasteiger partial charge in [-0.1, -0.05) is 19.9 Å². The third-order valence-corrected chi connectivity index (χ3v) is 3.38. The lowest BCUT2D eigenvalue weighted by molar-refractivity contribution is 0.409. The van der Waals surface area contributed by atoms with Crippen molar-refractivity contribution in [2.45, 2.75) is 31.7 Å². The third-order valence-electron chi connectivity index (χ3n) is 3.38. The number of halogens is 1. The van der Waals surface area contributed by atoms with Crippen LogP contribution in [0.25, 0.3) is 0 Å². The first kappa shape index (κ1) is 12.3. The normalized spacial score (nSPS) is 21.7. The van der Waals surface area contributed by atoms with Crippen LogP contribution in [0.2, 0.25) is 0 Å². The minimum atomic E-state index is 0. The number of ether oxygens (including phenoxy) is 1. The Balaban J connectivity index is 0.00000112. The van der Waals surface area contributed by atoms with E-state index in [1.807, 2.05) is 6.07 Å². The fraction of sp³-hybridized carbons (Fsp3) is 0.500. The molecular weight excluding hydrogens is 210 g/mol. The summed E-state index contributed by atoms with van der Waals surface area (Å²) in [6, 6.07) is 6.47. The van der Waals surface area contributed by atoms with Crippen molar-refractivity contribution in [3.8, 4) is 5.75 Å². The molecule has 0 aromatic heterocycles. The minimum Gasteiger partial charge on any atom is -0.497 e. The number of hydrogen-bond donors (Lipinski definition) is 1. The molecule has 0 amide bonds. The zero-order valence-electron chi connectivity index (χ0n) is 9.41. The molecule has 2 rings (SSSR count). The number of benzene rings is 1. The molecular formula is C12H18ClNO. The van der Waals surface area contributed by atoms with Gasteiger partial charge in [0.05, 0.1) is 7.11 Å². The number of methoxy groups -OCH3 is 1. The molecule has 0 saturated carbocycles. The standard InChI is InChI=1S/C12H17NO.ClH/c1-12(2)10-7-9(14-3)5-4-8(10)6-11(12)13;/h4-5,7,11H,6,13H2,1-3H3;1H. The van der Waals surface area contributed by atoms with E-state index in [0.29, 0.717) is 0 Å². The second-order valence-electron chi connectivity index (χ2n) is 4.56. The smallest absolute Gasteiger partial charge is 0.119 e. The highest BCUT2D eigenvalue weighted by Gasteiger charge is 2.37. The van der Waals surface area contributed by atoms with Gasteiger partial charge in [0.1, 0.15) is 5.75 Å². The second-order valence-corrected chi connectivity index (χ2v) is 4.56. The number of rotatable bonds is 1. The van der Waals surface area contributed by atoms with Gasteiger partial charge in [0.2, 0.25) is 0 Å². The quantitative estimate of drug-likeness (QED) is 0.799. The van der Waals surface area contributed by atoms with E-state index >= 15 is 0 Å². The first-order valence-corrected chi connectivity index (χ1v) is 4.98. The Hall–Kier alpha value is -0.730. The molecule has 0 aliphatic heterocycles. The molecule has 1 aromatic rings. The fourth-order valence-electron chi connectivity index (χ4n) is 2.15.